The molecule has 1 aromatic heterocycles. The first-order valence-electron chi connectivity index (χ1n) is 6.27. The molecule has 3 aliphatic heterocycles. The van der Waals surface area contributed by atoms with Crippen LogP contribution < -0.4 is 5.32 Å². The van der Waals surface area contributed by atoms with Crippen LogP contribution in [0.3, 0.4) is 0 Å². The minimum absolute atomic E-state index is 0.0415. The molecule has 0 radical (unpaired) electrons. The number of hydrogen-bond acceptors (Lipinski definition) is 6. The molecule has 2 bridgehead atoms. The Bertz CT molecular complexity index is 440. The lowest BCUT2D eigenvalue weighted by atomic mass is 10.1. The molecule has 3 fully saturated rings. The van der Waals surface area contributed by atoms with Gasteiger partial charge in [-0.15, -0.1) is 5.10 Å². The average Bonchev–Trinajstić information content (AvgIpc) is 2.84. The van der Waals surface area contributed by atoms with Crippen LogP contribution in [0.5, 0.6) is 0 Å². The Kier molecular flexibility index (Phi) is 3.27. The van der Waals surface area contributed by atoms with Gasteiger partial charge in [0.05, 0.1) is 5.69 Å². The van der Waals surface area contributed by atoms with Crippen LogP contribution in [-0.4, -0.2) is 70.6 Å². The normalized spacial score (nSPS) is 30.4. The summed E-state index contributed by atoms with van der Waals surface area (Å²) in [4.78, 5) is 17.5. The summed E-state index contributed by atoms with van der Waals surface area (Å²) in [6, 6.07) is 0.456. The third-order valence-electron chi connectivity index (χ3n) is 3.75. The maximum Gasteiger partial charge on any atom is 0.264 e. The number of nitrogens with zero attached hydrogens (tertiary/aromatic N) is 4. The molecular formula is C11H17N5OS. The largest absolute Gasteiger partial charge is 0.350 e. The molecule has 3 saturated heterocycles. The highest BCUT2D eigenvalue weighted by Gasteiger charge is 2.31. The Morgan fingerprint density at radius 3 is 2.78 bits per heavy atom. The predicted octanol–water partition coefficient (Wildman–Crippen LogP) is -0.424. The molecule has 3 aliphatic rings. The van der Waals surface area contributed by atoms with E-state index < -0.39 is 0 Å². The molecule has 1 atom stereocenters. The number of rotatable bonds is 3. The van der Waals surface area contributed by atoms with Gasteiger partial charge in [-0.05, 0) is 18.5 Å². The van der Waals surface area contributed by atoms with E-state index in [1.54, 1.807) is 0 Å². The van der Waals surface area contributed by atoms with Gasteiger partial charge in [0.15, 0.2) is 0 Å². The summed E-state index contributed by atoms with van der Waals surface area (Å²) >= 11 is 1.16. The lowest BCUT2D eigenvalue weighted by Gasteiger charge is -2.47. The maximum atomic E-state index is 12.0. The number of amides is 1. The van der Waals surface area contributed by atoms with Crippen LogP contribution in [-0.2, 0) is 0 Å². The van der Waals surface area contributed by atoms with Crippen molar-refractivity contribution in [3.8, 4) is 0 Å². The van der Waals surface area contributed by atoms with Crippen molar-refractivity contribution >= 4 is 17.4 Å². The van der Waals surface area contributed by atoms with Crippen molar-refractivity contribution < 1.29 is 4.79 Å². The fourth-order valence-electron chi connectivity index (χ4n) is 2.65. The van der Waals surface area contributed by atoms with Gasteiger partial charge < -0.3 is 5.32 Å². The van der Waals surface area contributed by atoms with E-state index in [4.69, 9.17) is 0 Å². The highest BCUT2D eigenvalue weighted by atomic mass is 32.1. The van der Waals surface area contributed by atoms with Crippen molar-refractivity contribution in [2.75, 3.05) is 39.3 Å². The van der Waals surface area contributed by atoms with Crippen LogP contribution >= 0.6 is 11.5 Å². The SMILES string of the molecule is Cc1nnsc1C(=O)NCC1CN2CCN1CC2. The third kappa shape index (κ3) is 2.25. The van der Waals surface area contributed by atoms with Gasteiger partial charge in [0.1, 0.15) is 4.88 Å². The Morgan fingerprint density at radius 2 is 2.22 bits per heavy atom. The number of hydrogen-bond donors (Lipinski definition) is 1. The van der Waals surface area contributed by atoms with E-state index in [0.717, 1.165) is 31.2 Å². The molecule has 0 spiro atoms. The second-order valence-corrected chi connectivity index (χ2v) is 5.64. The quantitative estimate of drug-likeness (QED) is 0.806. The molecule has 1 amide bonds. The molecule has 0 saturated carbocycles. The summed E-state index contributed by atoms with van der Waals surface area (Å²) in [5, 5.41) is 6.86. The van der Waals surface area contributed by atoms with Crippen molar-refractivity contribution in [2.24, 2.45) is 0 Å². The number of aromatic nitrogens is 2. The zero-order valence-electron chi connectivity index (χ0n) is 10.4. The number of aryl methyl sites for hydroxylation is 1. The fraction of sp³-hybridized carbons (Fsp3) is 0.727. The first-order valence-corrected chi connectivity index (χ1v) is 7.05. The highest BCUT2D eigenvalue weighted by molar-refractivity contribution is 7.07. The van der Waals surface area contributed by atoms with Crippen molar-refractivity contribution in [2.45, 2.75) is 13.0 Å². The third-order valence-corrected chi connectivity index (χ3v) is 4.57. The predicted molar refractivity (Wildman–Crippen MR) is 68.8 cm³/mol. The first kappa shape index (κ1) is 12.0. The Balaban J connectivity index is 1.56. The summed E-state index contributed by atoms with van der Waals surface area (Å²) in [7, 11) is 0. The Labute approximate surface area is 110 Å². The molecule has 98 valence electrons. The summed E-state index contributed by atoms with van der Waals surface area (Å²) in [6.45, 7) is 8.19. The van der Waals surface area contributed by atoms with Crippen LogP contribution in [0.2, 0.25) is 0 Å². The van der Waals surface area contributed by atoms with E-state index in [2.05, 4.69) is 24.7 Å². The number of piperazine rings is 3. The molecule has 4 rings (SSSR count). The van der Waals surface area contributed by atoms with Crippen LogP contribution in [0.25, 0.3) is 0 Å². The van der Waals surface area contributed by atoms with E-state index in [-0.39, 0.29) is 5.91 Å². The molecule has 0 aliphatic carbocycles. The van der Waals surface area contributed by atoms with Crippen molar-refractivity contribution in [1.82, 2.24) is 24.7 Å². The number of carbonyl (C=O) groups excluding carboxylic acids is 1. The minimum Gasteiger partial charge on any atom is -0.350 e. The lowest BCUT2D eigenvalue weighted by molar-refractivity contribution is 0.0138. The monoisotopic (exact) mass is 267 g/mol. The Morgan fingerprint density at radius 1 is 1.44 bits per heavy atom. The summed E-state index contributed by atoms with van der Waals surface area (Å²) in [5.74, 6) is -0.0415. The van der Waals surface area contributed by atoms with Gasteiger partial charge in [0.25, 0.3) is 5.91 Å². The molecule has 4 heterocycles. The van der Waals surface area contributed by atoms with E-state index in [0.29, 0.717) is 23.2 Å². The molecule has 1 aromatic rings. The van der Waals surface area contributed by atoms with Crippen LogP contribution in [0.15, 0.2) is 0 Å². The van der Waals surface area contributed by atoms with Gasteiger partial charge in [-0.25, -0.2) is 0 Å². The van der Waals surface area contributed by atoms with E-state index in [1.807, 2.05) is 6.92 Å². The number of nitrogens with one attached hydrogen (secondary N) is 1. The van der Waals surface area contributed by atoms with Gasteiger partial charge in [0.2, 0.25) is 0 Å². The van der Waals surface area contributed by atoms with Crippen LogP contribution in [0, 0.1) is 6.92 Å². The maximum absolute atomic E-state index is 12.0. The van der Waals surface area contributed by atoms with Crippen LogP contribution in [0.1, 0.15) is 15.4 Å². The standard InChI is InChI=1S/C11H17N5OS/c1-8-10(18-14-13-8)11(17)12-6-9-7-15-2-4-16(9)5-3-15/h9H,2-7H2,1H3,(H,12,17). The zero-order valence-corrected chi connectivity index (χ0v) is 11.2. The second kappa shape index (κ2) is 4.91. The van der Waals surface area contributed by atoms with Gasteiger partial charge in [-0.2, -0.15) is 0 Å². The first-order chi connectivity index (χ1) is 8.74. The molecule has 0 aromatic carbocycles. The van der Waals surface area contributed by atoms with E-state index in [1.165, 1.54) is 13.1 Å². The van der Waals surface area contributed by atoms with Gasteiger partial charge in [-0.3, -0.25) is 14.6 Å². The van der Waals surface area contributed by atoms with Crippen LogP contribution in [0.4, 0.5) is 0 Å². The fourth-order valence-corrected chi connectivity index (χ4v) is 3.22. The van der Waals surface area contributed by atoms with Crippen molar-refractivity contribution in [1.29, 1.82) is 0 Å². The van der Waals surface area contributed by atoms with Crippen molar-refractivity contribution in [3.05, 3.63) is 10.6 Å². The van der Waals surface area contributed by atoms with E-state index >= 15 is 0 Å². The molecule has 1 unspecified atom stereocenters. The van der Waals surface area contributed by atoms with Crippen molar-refractivity contribution in [3.63, 3.8) is 0 Å². The summed E-state index contributed by atoms with van der Waals surface area (Å²) in [5.41, 5.74) is 0.715. The highest BCUT2D eigenvalue weighted by Crippen LogP contribution is 2.15. The molecule has 18 heavy (non-hydrogen) atoms. The second-order valence-electron chi connectivity index (χ2n) is 4.89. The van der Waals surface area contributed by atoms with Gasteiger partial charge in [0, 0.05) is 45.3 Å². The smallest absolute Gasteiger partial charge is 0.264 e. The zero-order chi connectivity index (χ0) is 12.5. The topological polar surface area (TPSA) is 61.4 Å². The van der Waals surface area contributed by atoms with Gasteiger partial charge in [-0.1, -0.05) is 4.49 Å². The van der Waals surface area contributed by atoms with Gasteiger partial charge >= 0.3 is 0 Å². The molecule has 1 N–H and O–H groups in total. The summed E-state index contributed by atoms with van der Waals surface area (Å²) in [6.07, 6.45) is 0. The number of fused-ring (bicyclic) bond motifs is 3. The Hall–Kier alpha value is -1.05. The molecule has 7 heteroatoms. The molecular weight excluding hydrogens is 250 g/mol. The number of carbonyl (C=O) groups is 1. The van der Waals surface area contributed by atoms with E-state index in [9.17, 15) is 4.79 Å². The summed E-state index contributed by atoms with van der Waals surface area (Å²) < 4.78 is 3.79. The minimum atomic E-state index is -0.0415. The lowest BCUT2D eigenvalue weighted by Crippen LogP contribution is -2.63. The average molecular weight is 267 g/mol. The molecule has 6 nitrogen and oxygen atoms in total.